The van der Waals surface area contributed by atoms with Crippen LogP contribution >= 0.6 is 0 Å². The predicted octanol–water partition coefficient (Wildman–Crippen LogP) is 13.7. The second-order valence-corrected chi connectivity index (χ2v) is 12.1. The van der Waals surface area contributed by atoms with Gasteiger partial charge in [-0.25, -0.2) is 0 Å². The summed E-state index contributed by atoms with van der Waals surface area (Å²) in [4.78, 5) is 0. The van der Waals surface area contributed by atoms with Crippen LogP contribution in [0.15, 0.2) is 186 Å². The lowest BCUT2D eigenvalue weighted by atomic mass is 9.83. The molecule has 0 saturated heterocycles. The van der Waals surface area contributed by atoms with Crippen LogP contribution in [0.2, 0.25) is 0 Å². The highest BCUT2D eigenvalue weighted by molar-refractivity contribution is 6.23. The van der Waals surface area contributed by atoms with E-state index in [2.05, 4.69) is 48.5 Å². The van der Waals surface area contributed by atoms with Crippen molar-refractivity contribution in [2.24, 2.45) is 0 Å². The highest BCUT2D eigenvalue weighted by atomic mass is 16.3. The molecule has 0 aliphatic carbocycles. The van der Waals surface area contributed by atoms with Crippen LogP contribution in [0.4, 0.5) is 0 Å². The lowest BCUT2D eigenvalue weighted by molar-refractivity contribution is 0.673. The summed E-state index contributed by atoms with van der Waals surface area (Å²) in [6.45, 7) is 0. The average Bonchev–Trinajstić information content (AvgIpc) is 3.65. The number of hydrogen-bond donors (Lipinski definition) is 0. The van der Waals surface area contributed by atoms with Crippen molar-refractivity contribution < 1.29 is 16.8 Å². The molecule has 0 atom stereocenters. The van der Waals surface area contributed by atoms with Gasteiger partial charge in [-0.05, 0) is 89.6 Å². The Hall–Kier alpha value is -6.44. The molecule has 0 unspecified atom stereocenters. The molecule has 1 heterocycles. The maximum absolute atomic E-state index is 9.35. The first kappa shape index (κ1) is 20.0. The molecule has 10 rings (SSSR count). The molecular weight excluding hydrogens is 593 g/mol. The molecule has 1 aromatic heterocycles. The molecule has 49 heavy (non-hydrogen) atoms. The second kappa shape index (κ2) is 11.1. The van der Waals surface area contributed by atoms with Crippen LogP contribution in [-0.4, -0.2) is 0 Å². The Morgan fingerprint density at radius 1 is 0.388 bits per heavy atom. The number of hydrogen-bond acceptors (Lipinski definition) is 1. The number of benzene rings is 9. The van der Waals surface area contributed by atoms with Gasteiger partial charge in [0.05, 0.1) is 12.3 Å². The maximum atomic E-state index is 9.35. The zero-order valence-electron chi connectivity index (χ0n) is 35.0. The van der Waals surface area contributed by atoms with E-state index in [9.17, 15) is 1.37 Å². The lowest BCUT2D eigenvalue weighted by Gasteiger charge is -2.20. The van der Waals surface area contributed by atoms with Crippen molar-refractivity contribution in [1.82, 2.24) is 0 Å². The zero-order chi connectivity index (χ0) is 40.1. The van der Waals surface area contributed by atoms with Crippen LogP contribution in [0, 0.1) is 0 Å². The monoisotopic (exact) mass is 631 g/mol. The molecule has 1 heteroatoms. The fourth-order valence-electron chi connectivity index (χ4n) is 7.41. The van der Waals surface area contributed by atoms with Crippen molar-refractivity contribution in [3.8, 4) is 44.5 Å². The second-order valence-electron chi connectivity index (χ2n) is 12.1. The van der Waals surface area contributed by atoms with Gasteiger partial charge in [-0.3, -0.25) is 0 Å². The summed E-state index contributed by atoms with van der Waals surface area (Å²) in [5.41, 5.74) is 5.56. The van der Waals surface area contributed by atoms with Crippen LogP contribution in [0.25, 0.3) is 98.8 Å². The molecule has 0 radical (unpaired) electrons. The molecule has 228 valence electrons. The summed E-state index contributed by atoms with van der Waals surface area (Å²) < 4.78 is 85.3. The van der Waals surface area contributed by atoms with E-state index >= 15 is 0 Å². The minimum Gasteiger partial charge on any atom is -0.455 e. The normalized spacial score (nSPS) is 14.2. The predicted molar refractivity (Wildman–Crippen MR) is 208 cm³/mol. The van der Waals surface area contributed by atoms with E-state index < -0.39 is 48.3 Å². The molecule has 0 N–H and O–H groups in total. The fourth-order valence-corrected chi connectivity index (χ4v) is 7.41. The van der Waals surface area contributed by atoms with Crippen molar-refractivity contribution in [2.45, 2.75) is 0 Å². The number of furan rings is 1. The highest BCUT2D eigenvalue weighted by Gasteiger charge is 2.20. The molecule has 1 nitrogen and oxygen atoms in total. The van der Waals surface area contributed by atoms with Gasteiger partial charge in [-0.15, -0.1) is 0 Å². The summed E-state index contributed by atoms with van der Waals surface area (Å²) in [6.07, 6.45) is 0. The largest absolute Gasteiger partial charge is 0.455 e. The highest BCUT2D eigenvalue weighted by Crippen LogP contribution is 2.47. The standard InChI is InChI=1S/C48H30O/c1-2-14-31(15-3-1)35-19-6-7-21-38(35)46-41-24-10-8-22-39(41)45(40-23-9-11-25-42(40)46)34-18-12-17-33(30-34)36-26-13-27-44-47(36)43-29-28-32-16-4-5-20-37(32)48(43)49-44/h1-30H/i1D,2D,3D,6D,7D,14D,15D,19D,21D. The van der Waals surface area contributed by atoms with Gasteiger partial charge in [0.2, 0.25) is 0 Å². The first-order valence-corrected chi connectivity index (χ1v) is 16.1. The van der Waals surface area contributed by atoms with E-state index in [-0.39, 0.29) is 22.7 Å². The van der Waals surface area contributed by atoms with Crippen LogP contribution in [0.3, 0.4) is 0 Å². The SMILES string of the molecule is [2H]c1c([2H])c([2H])c(-c2c([2H])c([2H])c([2H])c([2H])c2-c2c3ccccc3c(-c3cccc(-c4cccc5oc6c7ccccc7ccc6c45)c3)c3ccccc23)c([2H])c1[2H]. The molecule has 0 spiro atoms. The molecule has 10 aromatic rings. The Morgan fingerprint density at radius 2 is 1.00 bits per heavy atom. The van der Waals surface area contributed by atoms with Crippen molar-refractivity contribution >= 4 is 54.3 Å². The Labute approximate surface area is 297 Å². The molecule has 9 aromatic carbocycles. The van der Waals surface area contributed by atoms with Crippen LogP contribution < -0.4 is 0 Å². The van der Waals surface area contributed by atoms with Crippen LogP contribution in [0.1, 0.15) is 12.3 Å². The third-order valence-corrected chi connectivity index (χ3v) is 9.47. The molecule has 0 aliphatic heterocycles. The molecule has 0 amide bonds. The Morgan fingerprint density at radius 3 is 1.76 bits per heavy atom. The third kappa shape index (κ3) is 4.33. The maximum Gasteiger partial charge on any atom is 0.143 e. The van der Waals surface area contributed by atoms with Crippen molar-refractivity contribution in [2.75, 3.05) is 0 Å². The summed E-state index contributed by atoms with van der Waals surface area (Å²) in [6, 6.07) is 37.4. The zero-order valence-corrected chi connectivity index (χ0v) is 26.0. The minimum atomic E-state index is -0.591. The third-order valence-electron chi connectivity index (χ3n) is 9.47. The molecule has 0 aliphatic rings. The van der Waals surface area contributed by atoms with Crippen molar-refractivity contribution in [3.05, 3.63) is 182 Å². The molecular formula is C48H30O. The van der Waals surface area contributed by atoms with E-state index in [1.807, 2.05) is 78.9 Å². The Balaban J connectivity index is 1.27. The van der Waals surface area contributed by atoms with Gasteiger partial charge in [0.15, 0.2) is 0 Å². The topological polar surface area (TPSA) is 13.1 Å². The Kier molecular flexibility index (Phi) is 4.53. The number of fused-ring (bicyclic) bond motifs is 7. The molecule has 0 fully saturated rings. The first-order chi connectivity index (χ1) is 28.1. The van der Waals surface area contributed by atoms with Crippen LogP contribution in [0.5, 0.6) is 0 Å². The summed E-state index contributed by atoms with van der Waals surface area (Å²) in [5.74, 6) is 0. The van der Waals surface area contributed by atoms with E-state index in [1.165, 1.54) is 0 Å². The van der Waals surface area contributed by atoms with Gasteiger partial charge >= 0.3 is 0 Å². The van der Waals surface area contributed by atoms with Gasteiger partial charge in [0, 0.05) is 16.2 Å². The smallest absolute Gasteiger partial charge is 0.143 e. The van der Waals surface area contributed by atoms with Crippen molar-refractivity contribution in [3.63, 3.8) is 0 Å². The van der Waals surface area contributed by atoms with Gasteiger partial charge in [-0.2, -0.15) is 0 Å². The summed E-state index contributed by atoms with van der Waals surface area (Å²) in [5, 5.41) is 7.17. The summed E-state index contributed by atoms with van der Waals surface area (Å²) >= 11 is 0. The Bertz CT molecular complexity index is 3320. The van der Waals surface area contributed by atoms with E-state index in [4.69, 9.17) is 15.4 Å². The fraction of sp³-hybridized carbons (Fsp3) is 0. The number of rotatable bonds is 4. The first-order valence-electron chi connectivity index (χ1n) is 20.6. The van der Waals surface area contributed by atoms with E-state index in [1.54, 1.807) is 0 Å². The van der Waals surface area contributed by atoms with Crippen molar-refractivity contribution in [1.29, 1.82) is 0 Å². The van der Waals surface area contributed by atoms with Gasteiger partial charge in [0.1, 0.15) is 11.2 Å². The van der Waals surface area contributed by atoms with Gasteiger partial charge in [-0.1, -0.05) is 164 Å². The molecule has 0 saturated carbocycles. The summed E-state index contributed by atoms with van der Waals surface area (Å²) in [7, 11) is 0. The average molecular weight is 632 g/mol. The van der Waals surface area contributed by atoms with Gasteiger partial charge < -0.3 is 4.42 Å². The van der Waals surface area contributed by atoms with Crippen LogP contribution in [-0.2, 0) is 0 Å². The minimum absolute atomic E-state index is 0.0586. The van der Waals surface area contributed by atoms with Gasteiger partial charge in [0.25, 0.3) is 0 Å². The molecule has 0 bridgehead atoms. The van der Waals surface area contributed by atoms with E-state index in [0.717, 1.165) is 65.7 Å². The lowest BCUT2D eigenvalue weighted by Crippen LogP contribution is -1.93. The van der Waals surface area contributed by atoms with E-state index in [0.29, 0.717) is 16.3 Å². The quantitative estimate of drug-likeness (QED) is 0.176.